The summed E-state index contributed by atoms with van der Waals surface area (Å²) in [6.07, 6.45) is 0. The first-order chi connectivity index (χ1) is 9.45. The van der Waals surface area contributed by atoms with Gasteiger partial charge >= 0.3 is 0 Å². The highest BCUT2D eigenvalue weighted by Gasteiger charge is 2.12. The Bertz CT molecular complexity index is 798. The van der Waals surface area contributed by atoms with Crippen LogP contribution in [0.4, 0.5) is 0 Å². The Morgan fingerprint density at radius 2 is 1.60 bits per heavy atom. The number of hydrogen-bond donors (Lipinski definition) is 1. The molecule has 1 heterocycles. The molecule has 0 saturated heterocycles. The lowest BCUT2D eigenvalue weighted by atomic mass is 10.1. The summed E-state index contributed by atoms with van der Waals surface area (Å²) in [5.41, 5.74) is 5.09. The van der Waals surface area contributed by atoms with E-state index < -0.39 is 0 Å². The van der Waals surface area contributed by atoms with E-state index in [1.54, 1.807) is 12.1 Å². The van der Waals surface area contributed by atoms with Crippen LogP contribution in [-0.2, 0) is 0 Å². The molecule has 0 aliphatic rings. The molecule has 0 bridgehead atoms. The summed E-state index contributed by atoms with van der Waals surface area (Å²) in [5.74, 6) is 0.731. The van der Waals surface area contributed by atoms with E-state index >= 15 is 0 Å². The summed E-state index contributed by atoms with van der Waals surface area (Å²) in [6, 6.07) is 7.69. The van der Waals surface area contributed by atoms with Gasteiger partial charge < -0.3 is 4.98 Å². The summed E-state index contributed by atoms with van der Waals surface area (Å²) >= 11 is 18.1. The van der Waals surface area contributed by atoms with Crippen molar-refractivity contribution in [3.05, 3.63) is 50.5 Å². The highest BCUT2D eigenvalue weighted by atomic mass is 35.5. The number of imidazole rings is 1. The van der Waals surface area contributed by atoms with Crippen LogP contribution in [0.15, 0.2) is 24.3 Å². The monoisotopic (exact) mass is 324 g/mol. The van der Waals surface area contributed by atoms with Gasteiger partial charge in [-0.2, -0.15) is 0 Å². The van der Waals surface area contributed by atoms with E-state index in [4.69, 9.17) is 34.8 Å². The van der Waals surface area contributed by atoms with E-state index in [0.717, 1.165) is 28.0 Å². The molecule has 20 heavy (non-hydrogen) atoms. The lowest BCUT2D eigenvalue weighted by Crippen LogP contribution is -1.82. The fraction of sp³-hybridized carbons (Fsp3) is 0.133. The third-order valence-electron chi connectivity index (χ3n) is 3.18. The predicted octanol–water partition coefficient (Wildman–Crippen LogP) is 5.81. The van der Waals surface area contributed by atoms with E-state index in [1.807, 2.05) is 6.92 Å². The van der Waals surface area contributed by atoms with Crippen molar-refractivity contribution < 1.29 is 0 Å². The number of halogens is 3. The van der Waals surface area contributed by atoms with Crippen LogP contribution in [0.25, 0.3) is 22.4 Å². The maximum absolute atomic E-state index is 6.07. The normalized spacial score (nSPS) is 11.2. The van der Waals surface area contributed by atoms with E-state index in [2.05, 4.69) is 29.0 Å². The Morgan fingerprint density at radius 1 is 0.950 bits per heavy atom. The smallest absolute Gasteiger partial charge is 0.138 e. The molecule has 3 rings (SSSR count). The maximum Gasteiger partial charge on any atom is 0.138 e. The molecule has 5 heteroatoms. The van der Waals surface area contributed by atoms with Gasteiger partial charge in [0.2, 0.25) is 0 Å². The Balaban J connectivity index is 2.22. The summed E-state index contributed by atoms with van der Waals surface area (Å²) < 4.78 is 0. The largest absolute Gasteiger partial charge is 0.338 e. The number of aromatic amines is 1. The van der Waals surface area contributed by atoms with Gasteiger partial charge in [-0.3, -0.25) is 0 Å². The van der Waals surface area contributed by atoms with Crippen molar-refractivity contribution in [2.75, 3.05) is 0 Å². The topological polar surface area (TPSA) is 28.7 Å². The maximum atomic E-state index is 6.07. The van der Waals surface area contributed by atoms with Crippen LogP contribution in [-0.4, -0.2) is 9.97 Å². The van der Waals surface area contributed by atoms with Crippen LogP contribution in [0.3, 0.4) is 0 Å². The van der Waals surface area contributed by atoms with Gasteiger partial charge in [0.05, 0.1) is 26.1 Å². The van der Waals surface area contributed by atoms with Crippen molar-refractivity contribution >= 4 is 45.8 Å². The van der Waals surface area contributed by atoms with Gasteiger partial charge in [0.1, 0.15) is 5.82 Å². The van der Waals surface area contributed by atoms with E-state index in [9.17, 15) is 0 Å². The van der Waals surface area contributed by atoms with E-state index in [0.29, 0.717) is 15.1 Å². The second kappa shape index (κ2) is 4.96. The number of aromatic nitrogens is 2. The molecule has 1 aromatic heterocycles. The second-order valence-corrected chi connectivity index (χ2v) is 6.01. The zero-order valence-corrected chi connectivity index (χ0v) is 13.2. The molecule has 1 N–H and O–H groups in total. The van der Waals surface area contributed by atoms with E-state index in [-0.39, 0.29) is 0 Å². The molecule has 0 fully saturated rings. The zero-order valence-electron chi connectivity index (χ0n) is 10.9. The molecule has 0 radical (unpaired) electrons. The molecule has 0 amide bonds. The zero-order chi connectivity index (χ0) is 14.4. The van der Waals surface area contributed by atoms with Crippen molar-refractivity contribution in [3.63, 3.8) is 0 Å². The Morgan fingerprint density at radius 3 is 2.25 bits per heavy atom. The number of rotatable bonds is 1. The molecule has 3 aromatic rings. The Kier molecular flexibility index (Phi) is 3.41. The van der Waals surface area contributed by atoms with Crippen molar-refractivity contribution in [2.45, 2.75) is 13.8 Å². The first kappa shape index (κ1) is 13.7. The quantitative estimate of drug-likeness (QED) is 0.562. The molecule has 0 aliphatic carbocycles. The van der Waals surface area contributed by atoms with Gasteiger partial charge in [-0.1, -0.05) is 40.9 Å². The summed E-state index contributed by atoms with van der Waals surface area (Å²) in [4.78, 5) is 7.92. The SMILES string of the molecule is Cc1cc(C)c2nc(-c3cc(Cl)c(Cl)c(Cl)c3)[nH]c2c1. The van der Waals surface area contributed by atoms with Crippen LogP contribution in [0, 0.1) is 13.8 Å². The van der Waals surface area contributed by atoms with Crippen LogP contribution < -0.4 is 0 Å². The van der Waals surface area contributed by atoms with Crippen LogP contribution in [0.5, 0.6) is 0 Å². The van der Waals surface area contributed by atoms with Gasteiger partial charge in [0.25, 0.3) is 0 Å². The minimum atomic E-state index is 0.361. The van der Waals surface area contributed by atoms with Gasteiger partial charge in [0.15, 0.2) is 0 Å². The average molecular weight is 326 g/mol. The third kappa shape index (κ3) is 2.28. The predicted molar refractivity (Wildman–Crippen MR) is 86.0 cm³/mol. The number of nitrogens with zero attached hydrogens (tertiary/aromatic N) is 1. The molecule has 0 unspecified atom stereocenters. The lowest BCUT2D eigenvalue weighted by molar-refractivity contribution is 1.33. The number of H-pyrrole nitrogens is 1. The first-order valence-corrected chi connectivity index (χ1v) is 7.21. The summed E-state index contributed by atoms with van der Waals surface area (Å²) in [7, 11) is 0. The molecule has 0 aliphatic heterocycles. The summed E-state index contributed by atoms with van der Waals surface area (Å²) in [6.45, 7) is 4.10. The number of hydrogen-bond acceptors (Lipinski definition) is 1. The molecule has 2 aromatic carbocycles. The highest BCUT2D eigenvalue weighted by molar-refractivity contribution is 6.48. The third-order valence-corrected chi connectivity index (χ3v) is 4.38. The minimum Gasteiger partial charge on any atom is -0.338 e. The van der Waals surface area contributed by atoms with Crippen LogP contribution >= 0.6 is 34.8 Å². The Labute approximate surface area is 131 Å². The number of aryl methyl sites for hydroxylation is 2. The minimum absolute atomic E-state index is 0.361. The van der Waals surface area contributed by atoms with E-state index in [1.165, 1.54) is 5.56 Å². The van der Waals surface area contributed by atoms with Crippen molar-refractivity contribution in [1.82, 2.24) is 9.97 Å². The molecule has 0 atom stereocenters. The molecule has 102 valence electrons. The molecule has 2 nitrogen and oxygen atoms in total. The summed E-state index contributed by atoms with van der Waals surface area (Å²) in [5, 5.41) is 1.20. The fourth-order valence-electron chi connectivity index (χ4n) is 2.30. The number of fused-ring (bicyclic) bond motifs is 1. The number of nitrogens with one attached hydrogen (secondary N) is 1. The standard InChI is InChI=1S/C15H11Cl3N2/c1-7-3-8(2)14-12(4-7)19-15(20-14)9-5-10(16)13(18)11(17)6-9/h3-6H,1-2H3,(H,19,20). The van der Waals surface area contributed by atoms with Gasteiger partial charge in [-0.15, -0.1) is 0 Å². The van der Waals surface area contributed by atoms with Crippen molar-refractivity contribution in [1.29, 1.82) is 0 Å². The fourth-order valence-corrected chi connectivity index (χ4v) is 2.90. The van der Waals surface area contributed by atoms with Gasteiger partial charge in [-0.25, -0.2) is 4.98 Å². The number of benzene rings is 2. The molecular formula is C15H11Cl3N2. The molecular weight excluding hydrogens is 315 g/mol. The van der Waals surface area contributed by atoms with Crippen molar-refractivity contribution in [3.8, 4) is 11.4 Å². The first-order valence-electron chi connectivity index (χ1n) is 6.07. The molecule has 0 saturated carbocycles. The lowest BCUT2D eigenvalue weighted by Gasteiger charge is -2.02. The molecule has 0 spiro atoms. The van der Waals surface area contributed by atoms with Gasteiger partial charge in [-0.05, 0) is 43.2 Å². The van der Waals surface area contributed by atoms with Crippen molar-refractivity contribution in [2.24, 2.45) is 0 Å². The van der Waals surface area contributed by atoms with Crippen LogP contribution in [0.1, 0.15) is 11.1 Å². The average Bonchev–Trinajstić information content (AvgIpc) is 2.79. The highest BCUT2D eigenvalue weighted by Crippen LogP contribution is 2.35. The van der Waals surface area contributed by atoms with Gasteiger partial charge in [0, 0.05) is 5.56 Å². The van der Waals surface area contributed by atoms with Crippen LogP contribution in [0.2, 0.25) is 15.1 Å². The Hall–Kier alpha value is -1.22. The second-order valence-electron chi connectivity index (χ2n) is 4.82.